The molecule has 0 saturated carbocycles. The van der Waals surface area contributed by atoms with Crippen LogP contribution in [0.15, 0.2) is 40.2 Å². The summed E-state index contributed by atoms with van der Waals surface area (Å²) in [6.07, 6.45) is 3.52. The Morgan fingerprint density at radius 1 is 1.19 bits per heavy atom. The second-order valence-corrected chi connectivity index (χ2v) is 10.0. The van der Waals surface area contributed by atoms with Gasteiger partial charge in [0.25, 0.3) is 11.8 Å². The Hall–Kier alpha value is -3.85. The zero-order valence-electron chi connectivity index (χ0n) is 18.5. The van der Waals surface area contributed by atoms with Crippen LogP contribution in [0, 0.1) is 23.4 Å². The van der Waals surface area contributed by atoms with Gasteiger partial charge in [0.05, 0.1) is 12.8 Å². The third-order valence-electron chi connectivity index (χ3n) is 5.97. The van der Waals surface area contributed by atoms with Crippen molar-refractivity contribution in [1.29, 1.82) is 0 Å². The number of anilines is 1. The average molecular weight is 525 g/mol. The first-order valence-corrected chi connectivity index (χ1v) is 12.0. The summed E-state index contributed by atoms with van der Waals surface area (Å²) >= 11 is 0. The maximum Gasteiger partial charge on any atom is 0.291 e. The molecule has 3 aromatic rings. The number of fused-ring (bicyclic) bond motifs is 2. The molecule has 1 aromatic carbocycles. The van der Waals surface area contributed by atoms with E-state index in [0.29, 0.717) is 12.1 Å². The van der Waals surface area contributed by atoms with Crippen molar-refractivity contribution < 1.29 is 40.3 Å². The molecule has 0 spiro atoms. The van der Waals surface area contributed by atoms with E-state index in [1.54, 1.807) is 0 Å². The number of amides is 2. The number of nitrogens with zero attached hydrogens (tertiary/aromatic N) is 3. The average Bonchev–Trinajstić information content (AvgIpc) is 3.54. The van der Waals surface area contributed by atoms with Crippen molar-refractivity contribution >= 4 is 27.5 Å². The lowest BCUT2D eigenvalue weighted by atomic mass is 10.1. The molecule has 5 rings (SSSR count). The molecule has 0 unspecified atom stereocenters. The summed E-state index contributed by atoms with van der Waals surface area (Å²) in [7, 11) is -2.81. The van der Waals surface area contributed by atoms with E-state index < -0.39 is 51.2 Å². The van der Waals surface area contributed by atoms with Crippen LogP contribution in [0.5, 0.6) is 5.75 Å². The normalized spacial score (nSPS) is 20.6. The van der Waals surface area contributed by atoms with Crippen molar-refractivity contribution in [2.45, 2.75) is 10.9 Å². The number of rotatable bonds is 3. The summed E-state index contributed by atoms with van der Waals surface area (Å²) in [6, 6.07) is 0.509. The van der Waals surface area contributed by atoms with E-state index in [4.69, 9.17) is 9.15 Å². The van der Waals surface area contributed by atoms with Gasteiger partial charge < -0.3 is 23.9 Å². The Labute approximate surface area is 201 Å². The van der Waals surface area contributed by atoms with Crippen molar-refractivity contribution in [1.82, 2.24) is 19.2 Å². The molecule has 0 bridgehead atoms. The van der Waals surface area contributed by atoms with Crippen molar-refractivity contribution in [3.8, 4) is 5.75 Å². The monoisotopic (exact) mass is 525 g/mol. The molecule has 2 aromatic heterocycles. The van der Waals surface area contributed by atoms with Crippen LogP contribution >= 0.6 is 0 Å². The van der Waals surface area contributed by atoms with Crippen LogP contribution in [-0.4, -0.2) is 60.4 Å². The Kier molecular flexibility index (Phi) is 5.75. The van der Waals surface area contributed by atoms with Gasteiger partial charge in [0.15, 0.2) is 35.3 Å². The number of halogens is 3. The zero-order chi connectivity index (χ0) is 25.8. The van der Waals surface area contributed by atoms with Gasteiger partial charge in [-0.15, -0.1) is 0 Å². The van der Waals surface area contributed by atoms with E-state index in [-0.39, 0.29) is 47.5 Å². The van der Waals surface area contributed by atoms with Crippen LogP contribution < -0.4 is 14.8 Å². The maximum absolute atomic E-state index is 13.6. The lowest BCUT2D eigenvalue weighted by molar-refractivity contribution is 0.0750. The summed E-state index contributed by atoms with van der Waals surface area (Å²) in [4.78, 5) is 30.4. The second kappa shape index (κ2) is 8.67. The van der Waals surface area contributed by atoms with E-state index in [1.807, 2.05) is 0 Å². The number of hydrogen-bond acceptors (Lipinski definition) is 7. The van der Waals surface area contributed by atoms with Crippen LogP contribution in [0.2, 0.25) is 0 Å². The second-order valence-electron chi connectivity index (χ2n) is 8.36. The number of benzene rings is 1. The first-order chi connectivity index (χ1) is 17.0. The predicted molar refractivity (Wildman–Crippen MR) is 115 cm³/mol. The molecular formula is C21H18F3N5O6S. The first-order valence-electron chi connectivity index (χ1n) is 10.5. The summed E-state index contributed by atoms with van der Waals surface area (Å²) in [5.41, 5.74) is -0.623. The summed E-state index contributed by atoms with van der Waals surface area (Å²) in [5, 5.41) is 2.22. The highest BCUT2D eigenvalue weighted by Crippen LogP contribution is 2.35. The summed E-state index contributed by atoms with van der Waals surface area (Å²) in [5.74, 6) is -6.84. The fourth-order valence-electron chi connectivity index (χ4n) is 4.26. The third kappa shape index (κ3) is 4.09. The minimum atomic E-state index is -4.21. The van der Waals surface area contributed by atoms with Crippen LogP contribution in [0.4, 0.5) is 18.9 Å². The SMILES string of the molecule is Cn1cc2c(c1C(=O)Nc1cc(F)c(F)c(F)c1)OC[C@@H]1CN(C(=O)c3cnco3)C[C@@H]1NS2(=O)=O. The van der Waals surface area contributed by atoms with Crippen molar-refractivity contribution in [2.24, 2.45) is 13.0 Å². The van der Waals surface area contributed by atoms with E-state index in [0.717, 1.165) is 12.6 Å². The quantitative estimate of drug-likeness (QED) is 0.495. The molecule has 11 nitrogen and oxygen atoms in total. The van der Waals surface area contributed by atoms with E-state index in [9.17, 15) is 31.2 Å². The molecular weight excluding hydrogens is 507 g/mol. The van der Waals surface area contributed by atoms with Crippen LogP contribution in [-0.2, 0) is 17.1 Å². The van der Waals surface area contributed by atoms with Gasteiger partial charge in [-0.1, -0.05) is 0 Å². The highest BCUT2D eigenvalue weighted by Gasteiger charge is 2.43. The van der Waals surface area contributed by atoms with Crippen molar-refractivity contribution in [3.05, 3.63) is 59.8 Å². The fourth-order valence-corrected chi connectivity index (χ4v) is 5.75. The topological polar surface area (TPSA) is 136 Å². The lowest BCUT2D eigenvalue weighted by Crippen LogP contribution is -2.43. The molecule has 2 aliphatic rings. The molecule has 2 aliphatic heterocycles. The standard InChI is InChI=1S/C21H18F3N5O6S/c1-28-7-16-19(18(28)20(30)26-11-2-12(22)17(24)13(23)3-11)34-8-10-5-29(6-14(10)27-36(16,32)33)21(31)15-4-25-9-35-15/h2-4,7,9-10,14,27H,5-6,8H2,1H3,(H,26,30)/t10-,14-/m0/s1. The number of aryl methyl sites for hydroxylation is 1. The molecule has 0 aliphatic carbocycles. The number of hydrogen-bond donors (Lipinski definition) is 2. The summed E-state index contributed by atoms with van der Waals surface area (Å²) in [6.45, 7) is 0.152. The van der Waals surface area contributed by atoms with E-state index >= 15 is 0 Å². The molecule has 2 atom stereocenters. The van der Waals surface area contributed by atoms with Crippen molar-refractivity contribution in [3.63, 3.8) is 0 Å². The minimum Gasteiger partial charge on any atom is -0.489 e. The number of carbonyl (C=O) groups is 2. The third-order valence-corrected chi connectivity index (χ3v) is 7.45. The van der Waals surface area contributed by atoms with Gasteiger partial charge in [0.1, 0.15) is 4.90 Å². The Bertz CT molecular complexity index is 1450. The minimum absolute atomic E-state index is 0.00424. The Morgan fingerprint density at radius 3 is 2.58 bits per heavy atom. The highest BCUT2D eigenvalue weighted by atomic mass is 32.2. The van der Waals surface area contributed by atoms with Gasteiger partial charge in [-0.3, -0.25) is 9.59 Å². The zero-order valence-corrected chi connectivity index (χ0v) is 19.3. The molecule has 2 amide bonds. The molecule has 4 heterocycles. The molecule has 190 valence electrons. The smallest absolute Gasteiger partial charge is 0.291 e. The molecule has 36 heavy (non-hydrogen) atoms. The molecule has 2 N–H and O–H groups in total. The molecule has 15 heteroatoms. The maximum atomic E-state index is 13.6. The number of carbonyl (C=O) groups excluding carboxylic acids is 2. The highest BCUT2D eigenvalue weighted by molar-refractivity contribution is 7.89. The van der Waals surface area contributed by atoms with Crippen LogP contribution in [0.1, 0.15) is 21.0 Å². The van der Waals surface area contributed by atoms with E-state index in [2.05, 4.69) is 15.0 Å². The van der Waals surface area contributed by atoms with Gasteiger partial charge in [0.2, 0.25) is 15.8 Å². The number of nitrogens with one attached hydrogen (secondary N) is 2. The molecule has 0 radical (unpaired) electrons. The summed E-state index contributed by atoms with van der Waals surface area (Å²) < 4.78 is 81.3. The first kappa shape index (κ1) is 23.9. The Balaban J connectivity index is 1.42. The fraction of sp³-hybridized carbons (Fsp3) is 0.286. The number of likely N-dealkylation sites (tertiary alicyclic amines) is 1. The van der Waals surface area contributed by atoms with Gasteiger partial charge in [-0.25, -0.2) is 31.3 Å². The van der Waals surface area contributed by atoms with Gasteiger partial charge in [-0.05, 0) is 0 Å². The molecule has 1 saturated heterocycles. The van der Waals surface area contributed by atoms with Gasteiger partial charge in [-0.2, -0.15) is 0 Å². The van der Waals surface area contributed by atoms with E-state index in [1.165, 1.54) is 22.7 Å². The van der Waals surface area contributed by atoms with Crippen LogP contribution in [0.3, 0.4) is 0 Å². The molecule has 1 fully saturated rings. The van der Waals surface area contributed by atoms with Gasteiger partial charge in [0, 0.05) is 56.1 Å². The lowest BCUT2D eigenvalue weighted by Gasteiger charge is -2.23. The predicted octanol–water partition coefficient (Wildman–Crippen LogP) is 1.49. The van der Waals surface area contributed by atoms with Gasteiger partial charge >= 0.3 is 0 Å². The van der Waals surface area contributed by atoms with Crippen molar-refractivity contribution in [2.75, 3.05) is 25.0 Å². The number of sulfonamides is 1. The number of ether oxygens (including phenoxy) is 1. The largest absolute Gasteiger partial charge is 0.489 e. The number of aromatic nitrogens is 2. The number of oxazole rings is 1. The van der Waals surface area contributed by atoms with Crippen LogP contribution in [0.25, 0.3) is 0 Å². The Morgan fingerprint density at radius 2 is 1.92 bits per heavy atom.